The van der Waals surface area contributed by atoms with E-state index < -0.39 is 0 Å². The predicted octanol–water partition coefficient (Wildman–Crippen LogP) is 1.96. The molecule has 62 valence electrons. The molecule has 0 aliphatic heterocycles. The molecule has 0 aromatic rings. The molecule has 0 saturated heterocycles. The van der Waals surface area contributed by atoms with E-state index in [1.54, 1.807) is 0 Å². The molecule has 0 amide bonds. The molecule has 0 fully saturated rings. The van der Waals surface area contributed by atoms with E-state index in [9.17, 15) is 0 Å². The van der Waals surface area contributed by atoms with Gasteiger partial charge >= 0.3 is 0 Å². The van der Waals surface area contributed by atoms with Gasteiger partial charge in [0.25, 0.3) is 0 Å². The number of rotatable bonds is 7. The zero-order valence-electron chi connectivity index (χ0n) is 7.10. The summed E-state index contributed by atoms with van der Waals surface area (Å²) in [4.78, 5) is 0. The van der Waals surface area contributed by atoms with Crippen LogP contribution in [0.5, 0.6) is 0 Å². The van der Waals surface area contributed by atoms with Crippen LogP contribution in [0.3, 0.4) is 0 Å². The molecule has 0 rings (SSSR count). The van der Waals surface area contributed by atoms with Crippen LogP contribution in [0.4, 0.5) is 0 Å². The molecule has 0 radical (unpaired) electrons. The van der Waals surface area contributed by atoms with E-state index in [0.717, 1.165) is 32.4 Å². The molecule has 0 heterocycles. The van der Waals surface area contributed by atoms with Crippen LogP contribution < -0.4 is 5.32 Å². The molecule has 11 heavy (non-hydrogen) atoms. The highest BCUT2D eigenvalue weighted by molar-refractivity contribution is 4.83. The molecule has 0 aromatic heterocycles. The largest absolute Gasteiger partial charge is 0.317 e. The van der Waals surface area contributed by atoms with Crippen LogP contribution in [0.1, 0.15) is 25.7 Å². The Labute approximate surface area is 69.9 Å². The topological polar surface area (TPSA) is 12.0 Å². The van der Waals surface area contributed by atoms with Crippen molar-refractivity contribution in [3.05, 3.63) is 12.7 Å². The number of hydrogen-bond donors (Lipinski definition) is 1. The van der Waals surface area contributed by atoms with Gasteiger partial charge in [-0.25, -0.2) is 0 Å². The monoisotopic (exact) mass is 151 g/mol. The van der Waals surface area contributed by atoms with Crippen molar-refractivity contribution in [2.75, 3.05) is 13.1 Å². The van der Waals surface area contributed by atoms with Crippen molar-refractivity contribution in [2.45, 2.75) is 25.7 Å². The summed E-state index contributed by atoms with van der Waals surface area (Å²) in [5.74, 6) is 2.61. The Bertz CT molecular complexity index is 121. The molecule has 1 heteroatoms. The van der Waals surface area contributed by atoms with Crippen molar-refractivity contribution in [3.8, 4) is 12.3 Å². The lowest BCUT2D eigenvalue weighted by molar-refractivity contribution is 0.633. The first-order valence-electron chi connectivity index (χ1n) is 4.17. The molecule has 0 aromatic carbocycles. The van der Waals surface area contributed by atoms with Crippen molar-refractivity contribution in [2.24, 2.45) is 0 Å². The molecule has 0 bridgehead atoms. The molecule has 1 N–H and O–H groups in total. The Morgan fingerprint density at radius 1 is 1.36 bits per heavy atom. The molecule has 0 atom stereocenters. The van der Waals surface area contributed by atoms with E-state index in [1.165, 1.54) is 6.42 Å². The summed E-state index contributed by atoms with van der Waals surface area (Å²) >= 11 is 0. The van der Waals surface area contributed by atoms with Gasteiger partial charge in [-0.05, 0) is 32.4 Å². The summed E-state index contributed by atoms with van der Waals surface area (Å²) < 4.78 is 0. The molecular formula is C10H17N. The predicted molar refractivity (Wildman–Crippen MR) is 50.4 cm³/mol. The Balaban J connectivity index is 2.80. The van der Waals surface area contributed by atoms with Crippen LogP contribution in [0.15, 0.2) is 12.7 Å². The molecule has 0 aliphatic carbocycles. The zero-order valence-corrected chi connectivity index (χ0v) is 7.10. The van der Waals surface area contributed by atoms with E-state index in [1.807, 2.05) is 6.08 Å². The maximum absolute atomic E-state index is 5.10. The molecule has 0 spiro atoms. The second-order valence-corrected chi connectivity index (χ2v) is 2.49. The standard InChI is InChI=1S/C10H17N/c1-3-5-7-9-11-10-8-6-4-2/h1,4,11H,2,5-10H2. The summed E-state index contributed by atoms with van der Waals surface area (Å²) in [6.45, 7) is 5.78. The SMILES string of the molecule is C#CCCCNCCCC=C. The van der Waals surface area contributed by atoms with Crippen molar-refractivity contribution in [3.63, 3.8) is 0 Å². The van der Waals surface area contributed by atoms with Crippen LogP contribution in [0, 0.1) is 12.3 Å². The maximum Gasteiger partial charge on any atom is 0.00981 e. The highest BCUT2D eigenvalue weighted by Gasteiger charge is 1.85. The third-order valence-corrected chi connectivity index (χ3v) is 1.44. The highest BCUT2D eigenvalue weighted by atomic mass is 14.8. The lowest BCUT2D eigenvalue weighted by Crippen LogP contribution is -2.16. The number of terminal acetylenes is 1. The lowest BCUT2D eigenvalue weighted by Gasteiger charge is -2.00. The summed E-state index contributed by atoms with van der Waals surface area (Å²) in [5, 5.41) is 3.31. The second kappa shape index (κ2) is 9.26. The van der Waals surface area contributed by atoms with Crippen LogP contribution >= 0.6 is 0 Å². The van der Waals surface area contributed by atoms with Crippen molar-refractivity contribution in [1.29, 1.82) is 0 Å². The van der Waals surface area contributed by atoms with E-state index >= 15 is 0 Å². The third kappa shape index (κ3) is 9.26. The molecule has 1 nitrogen and oxygen atoms in total. The van der Waals surface area contributed by atoms with E-state index in [2.05, 4.69) is 17.8 Å². The molecular weight excluding hydrogens is 134 g/mol. The van der Waals surface area contributed by atoms with E-state index in [4.69, 9.17) is 6.42 Å². The van der Waals surface area contributed by atoms with E-state index in [-0.39, 0.29) is 0 Å². The minimum Gasteiger partial charge on any atom is -0.317 e. The first-order valence-corrected chi connectivity index (χ1v) is 4.17. The first kappa shape index (κ1) is 10.3. The van der Waals surface area contributed by atoms with Crippen LogP contribution in [-0.2, 0) is 0 Å². The maximum atomic E-state index is 5.10. The molecule has 0 aliphatic rings. The van der Waals surface area contributed by atoms with Gasteiger partial charge in [0.05, 0.1) is 0 Å². The van der Waals surface area contributed by atoms with Gasteiger partial charge in [-0.3, -0.25) is 0 Å². The van der Waals surface area contributed by atoms with E-state index in [0.29, 0.717) is 0 Å². The van der Waals surface area contributed by atoms with Crippen LogP contribution in [0.2, 0.25) is 0 Å². The van der Waals surface area contributed by atoms with Crippen LogP contribution in [0.25, 0.3) is 0 Å². The smallest absolute Gasteiger partial charge is 0.00981 e. The normalized spacial score (nSPS) is 9.00. The van der Waals surface area contributed by atoms with Gasteiger partial charge in [-0.1, -0.05) is 6.08 Å². The number of allylic oxidation sites excluding steroid dienone is 1. The minimum absolute atomic E-state index is 0.883. The molecule has 0 saturated carbocycles. The Hall–Kier alpha value is -0.740. The highest BCUT2D eigenvalue weighted by Crippen LogP contribution is 1.87. The summed E-state index contributed by atoms with van der Waals surface area (Å²) in [7, 11) is 0. The summed E-state index contributed by atoms with van der Waals surface area (Å²) in [6, 6.07) is 0. The van der Waals surface area contributed by atoms with Gasteiger partial charge in [0.2, 0.25) is 0 Å². The summed E-state index contributed by atoms with van der Waals surface area (Å²) in [6.07, 6.45) is 11.3. The number of hydrogen-bond acceptors (Lipinski definition) is 1. The van der Waals surface area contributed by atoms with Crippen LogP contribution in [-0.4, -0.2) is 13.1 Å². The zero-order chi connectivity index (χ0) is 8.36. The quantitative estimate of drug-likeness (QED) is 0.333. The van der Waals surface area contributed by atoms with Gasteiger partial charge in [-0.2, -0.15) is 0 Å². The van der Waals surface area contributed by atoms with Gasteiger partial charge in [0.15, 0.2) is 0 Å². The summed E-state index contributed by atoms with van der Waals surface area (Å²) in [5.41, 5.74) is 0. The first-order chi connectivity index (χ1) is 5.41. The Morgan fingerprint density at radius 2 is 2.09 bits per heavy atom. The number of unbranched alkanes of at least 4 members (excludes halogenated alkanes) is 2. The minimum atomic E-state index is 0.883. The van der Waals surface area contributed by atoms with Gasteiger partial charge in [0, 0.05) is 6.42 Å². The average Bonchev–Trinajstić information content (AvgIpc) is 2.03. The molecule has 0 unspecified atom stereocenters. The third-order valence-electron chi connectivity index (χ3n) is 1.44. The lowest BCUT2D eigenvalue weighted by atomic mass is 10.3. The van der Waals surface area contributed by atoms with Crippen molar-refractivity contribution >= 4 is 0 Å². The average molecular weight is 151 g/mol. The van der Waals surface area contributed by atoms with Gasteiger partial charge in [-0.15, -0.1) is 18.9 Å². The fourth-order valence-electron chi connectivity index (χ4n) is 0.812. The van der Waals surface area contributed by atoms with Crippen molar-refractivity contribution < 1.29 is 0 Å². The number of nitrogens with one attached hydrogen (secondary N) is 1. The fourth-order valence-corrected chi connectivity index (χ4v) is 0.812. The fraction of sp³-hybridized carbons (Fsp3) is 0.600. The van der Waals surface area contributed by atoms with Crippen molar-refractivity contribution in [1.82, 2.24) is 5.32 Å². The Kier molecular flexibility index (Phi) is 8.64. The van der Waals surface area contributed by atoms with Gasteiger partial charge < -0.3 is 5.32 Å². The Morgan fingerprint density at radius 3 is 2.73 bits per heavy atom. The second-order valence-electron chi connectivity index (χ2n) is 2.49. The van der Waals surface area contributed by atoms with Gasteiger partial charge in [0.1, 0.15) is 0 Å².